The molecule has 0 bridgehead atoms. The molecule has 98 valence electrons. The zero-order chi connectivity index (χ0) is 12.8. The molecule has 4 N–H and O–H groups in total. The molecule has 0 aromatic rings. The van der Waals surface area contributed by atoms with Gasteiger partial charge in [0.1, 0.15) is 6.34 Å². The van der Waals surface area contributed by atoms with E-state index in [9.17, 15) is 4.79 Å². The molecule has 0 spiro atoms. The van der Waals surface area contributed by atoms with Gasteiger partial charge in [-0.25, -0.2) is 11.0 Å². The van der Waals surface area contributed by atoms with Crippen LogP contribution in [0.3, 0.4) is 0 Å². The van der Waals surface area contributed by atoms with Gasteiger partial charge in [-0.05, 0) is 31.6 Å². The van der Waals surface area contributed by atoms with Gasteiger partial charge in [0.15, 0.2) is 0 Å². The standard InChI is InChI=1S/C11H23N5O/c1-15(8-14-16(2)13)10-5-3-9(4-6-10)7-11(12)17/h8-10H,3-7,13H2,1-2H3,(H2,12,17)/b14-8+. The normalized spacial score (nSPS) is 24.9. The Labute approximate surface area is 103 Å². The number of carbonyl (C=O) groups excluding carboxylic acids is 1. The summed E-state index contributed by atoms with van der Waals surface area (Å²) in [6, 6.07) is 0.489. The number of nitrogens with two attached hydrogens (primary N) is 2. The number of hydrazine groups is 1. The van der Waals surface area contributed by atoms with Crippen molar-refractivity contribution in [3.05, 3.63) is 0 Å². The first kappa shape index (κ1) is 13.8. The predicted octanol–water partition coefficient (Wildman–Crippen LogP) is 0.101. The van der Waals surface area contributed by atoms with E-state index in [2.05, 4.69) is 10.0 Å². The molecule has 1 amide bonds. The van der Waals surface area contributed by atoms with Crippen LogP contribution >= 0.6 is 0 Å². The van der Waals surface area contributed by atoms with Crippen LogP contribution in [0.4, 0.5) is 0 Å². The highest BCUT2D eigenvalue weighted by molar-refractivity contribution is 5.74. The van der Waals surface area contributed by atoms with Gasteiger partial charge in [-0.2, -0.15) is 5.10 Å². The van der Waals surface area contributed by atoms with Crippen molar-refractivity contribution >= 4 is 12.2 Å². The average Bonchev–Trinajstić information content (AvgIpc) is 2.26. The number of rotatable bonds is 5. The molecule has 1 fully saturated rings. The van der Waals surface area contributed by atoms with E-state index in [1.165, 1.54) is 5.12 Å². The zero-order valence-corrected chi connectivity index (χ0v) is 10.7. The minimum atomic E-state index is -0.187. The fourth-order valence-electron chi connectivity index (χ4n) is 2.30. The van der Waals surface area contributed by atoms with Crippen molar-refractivity contribution in [3.63, 3.8) is 0 Å². The monoisotopic (exact) mass is 241 g/mol. The third-order valence-corrected chi connectivity index (χ3v) is 3.30. The molecule has 0 saturated heterocycles. The molecular formula is C11H23N5O. The van der Waals surface area contributed by atoms with Crippen LogP contribution in [0, 0.1) is 5.92 Å². The third-order valence-electron chi connectivity index (χ3n) is 3.30. The number of nitrogens with zero attached hydrogens (tertiary/aromatic N) is 3. The number of hydrazone groups is 1. The molecule has 0 aliphatic heterocycles. The lowest BCUT2D eigenvalue weighted by Gasteiger charge is -2.33. The number of amides is 1. The molecule has 0 atom stereocenters. The molecule has 1 aliphatic carbocycles. The Morgan fingerprint density at radius 3 is 2.41 bits per heavy atom. The van der Waals surface area contributed by atoms with E-state index in [1.54, 1.807) is 13.4 Å². The largest absolute Gasteiger partial charge is 0.370 e. The molecule has 1 aliphatic rings. The first-order valence-electron chi connectivity index (χ1n) is 6.01. The minimum Gasteiger partial charge on any atom is -0.370 e. The van der Waals surface area contributed by atoms with E-state index in [-0.39, 0.29) is 5.91 Å². The quantitative estimate of drug-likeness (QED) is 0.309. The zero-order valence-electron chi connectivity index (χ0n) is 10.7. The summed E-state index contributed by atoms with van der Waals surface area (Å²) in [5, 5.41) is 5.29. The average molecular weight is 241 g/mol. The number of carbonyl (C=O) groups is 1. The smallest absolute Gasteiger partial charge is 0.217 e. The van der Waals surface area contributed by atoms with Crippen LogP contribution in [0.1, 0.15) is 32.1 Å². The van der Waals surface area contributed by atoms with E-state index in [4.69, 9.17) is 11.6 Å². The van der Waals surface area contributed by atoms with E-state index in [1.807, 2.05) is 7.05 Å². The Hall–Kier alpha value is -1.30. The van der Waals surface area contributed by atoms with Crippen LogP contribution < -0.4 is 11.6 Å². The topological polar surface area (TPSA) is 87.9 Å². The minimum absolute atomic E-state index is 0.187. The van der Waals surface area contributed by atoms with Crippen molar-refractivity contribution < 1.29 is 4.79 Å². The Kier molecular flexibility index (Phi) is 5.21. The maximum absolute atomic E-state index is 10.8. The Morgan fingerprint density at radius 2 is 1.94 bits per heavy atom. The second kappa shape index (κ2) is 6.44. The Balaban J connectivity index is 2.33. The van der Waals surface area contributed by atoms with Crippen molar-refractivity contribution in [2.45, 2.75) is 38.1 Å². The highest BCUT2D eigenvalue weighted by Gasteiger charge is 2.23. The van der Waals surface area contributed by atoms with E-state index in [0.29, 0.717) is 18.4 Å². The maximum atomic E-state index is 10.8. The van der Waals surface area contributed by atoms with Crippen molar-refractivity contribution in [1.29, 1.82) is 0 Å². The molecule has 0 unspecified atom stereocenters. The van der Waals surface area contributed by atoms with Gasteiger partial charge >= 0.3 is 0 Å². The Bertz CT molecular complexity index is 271. The molecule has 0 aromatic heterocycles. The summed E-state index contributed by atoms with van der Waals surface area (Å²) in [6.45, 7) is 0. The molecule has 6 heteroatoms. The molecule has 17 heavy (non-hydrogen) atoms. The highest BCUT2D eigenvalue weighted by Crippen LogP contribution is 2.28. The maximum Gasteiger partial charge on any atom is 0.217 e. The van der Waals surface area contributed by atoms with Gasteiger partial charge < -0.3 is 10.6 Å². The van der Waals surface area contributed by atoms with Crippen molar-refractivity contribution in [2.75, 3.05) is 14.1 Å². The SMILES string of the molecule is CN(N)/N=C/N(C)C1CCC(CC(N)=O)CC1. The molecule has 1 rings (SSSR count). The number of primary amides is 1. The summed E-state index contributed by atoms with van der Waals surface area (Å²) in [5.41, 5.74) is 5.21. The number of hydrogen-bond acceptors (Lipinski definition) is 4. The Morgan fingerprint density at radius 1 is 1.35 bits per heavy atom. The van der Waals surface area contributed by atoms with Gasteiger partial charge in [-0.1, -0.05) is 0 Å². The van der Waals surface area contributed by atoms with Gasteiger partial charge in [0, 0.05) is 26.6 Å². The summed E-state index contributed by atoms with van der Waals surface area (Å²) in [7, 11) is 3.69. The molecule has 1 saturated carbocycles. The van der Waals surface area contributed by atoms with Crippen molar-refractivity contribution in [2.24, 2.45) is 22.6 Å². The third kappa shape index (κ3) is 5.04. The van der Waals surface area contributed by atoms with Gasteiger partial charge in [-0.15, -0.1) is 0 Å². The lowest BCUT2D eigenvalue weighted by molar-refractivity contribution is -0.119. The van der Waals surface area contributed by atoms with E-state index >= 15 is 0 Å². The second-order valence-corrected chi connectivity index (χ2v) is 4.82. The van der Waals surface area contributed by atoms with Crippen LogP contribution in [0.15, 0.2) is 5.10 Å². The molecule has 6 nitrogen and oxygen atoms in total. The van der Waals surface area contributed by atoms with Gasteiger partial charge in [0.05, 0.1) is 0 Å². The summed E-state index contributed by atoms with van der Waals surface area (Å²) in [4.78, 5) is 12.9. The van der Waals surface area contributed by atoms with Crippen LogP contribution in [0.2, 0.25) is 0 Å². The van der Waals surface area contributed by atoms with E-state index < -0.39 is 0 Å². The first-order valence-corrected chi connectivity index (χ1v) is 6.01. The van der Waals surface area contributed by atoms with Gasteiger partial charge in [0.25, 0.3) is 0 Å². The van der Waals surface area contributed by atoms with Crippen LogP contribution in [0.5, 0.6) is 0 Å². The molecule has 0 radical (unpaired) electrons. The second-order valence-electron chi connectivity index (χ2n) is 4.82. The number of hydrogen-bond donors (Lipinski definition) is 2. The summed E-state index contributed by atoms with van der Waals surface area (Å²) >= 11 is 0. The molecular weight excluding hydrogens is 218 g/mol. The van der Waals surface area contributed by atoms with Crippen LogP contribution in [0.25, 0.3) is 0 Å². The van der Waals surface area contributed by atoms with Crippen molar-refractivity contribution in [3.8, 4) is 0 Å². The van der Waals surface area contributed by atoms with Crippen LogP contribution in [-0.2, 0) is 4.79 Å². The summed E-state index contributed by atoms with van der Waals surface area (Å²) in [5.74, 6) is 5.68. The van der Waals surface area contributed by atoms with Crippen LogP contribution in [-0.4, -0.2) is 42.4 Å². The first-order chi connectivity index (χ1) is 7.99. The van der Waals surface area contributed by atoms with Crippen molar-refractivity contribution in [1.82, 2.24) is 10.0 Å². The van der Waals surface area contributed by atoms with Gasteiger partial charge in [-0.3, -0.25) is 4.79 Å². The highest BCUT2D eigenvalue weighted by atomic mass is 16.1. The molecule has 0 aromatic carbocycles. The fraction of sp³-hybridized carbons (Fsp3) is 0.818. The van der Waals surface area contributed by atoms with Gasteiger partial charge in [0.2, 0.25) is 5.91 Å². The lowest BCUT2D eigenvalue weighted by Crippen LogP contribution is -2.36. The molecule has 0 heterocycles. The summed E-state index contributed by atoms with van der Waals surface area (Å²) in [6.07, 6.45) is 6.55. The summed E-state index contributed by atoms with van der Waals surface area (Å²) < 4.78 is 0. The lowest BCUT2D eigenvalue weighted by atomic mass is 9.83. The fourth-order valence-corrected chi connectivity index (χ4v) is 2.30. The predicted molar refractivity (Wildman–Crippen MR) is 67.8 cm³/mol. The van der Waals surface area contributed by atoms with E-state index in [0.717, 1.165) is 25.7 Å².